The first-order valence-corrected chi connectivity index (χ1v) is 8.03. The Hall–Kier alpha value is -0.000000000000000111. The molecular formula is C11H14ClFN2S2. The van der Waals surface area contributed by atoms with E-state index < -0.39 is 5.82 Å². The molecule has 2 heterocycles. The maximum atomic E-state index is 13.4. The van der Waals surface area contributed by atoms with Crippen LogP contribution in [0.2, 0.25) is 5.15 Å². The second kappa shape index (κ2) is 5.76. The zero-order chi connectivity index (χ0) is 12.4. The van der Waals surface area contributed by atoms with E-state index >= 15 is 0 Å². The Labute approximate surface area is 114 Å². The van der Waals surface area contributed by atoms with E-state index in [0.717, 1.165) is 17.9 Å². The summed E-state index contributed by atoms with van der Waals surface area (Å²) in [6, 6.07) is 0. The van der Waals surface area contributed by atoms with Gasteiger partial charge in [0.15, 0.2) is 11.0 Å². The first-order chi connectivity index (χ1) is 8.13. The Balaban J connectivity index is 2.32. The minimum atomic E-state index is -0.503. The molecule has 0 bridgehead atoms. The number of halogens is 2. The van der Waals surface area contributed by atoms with Gasteiger partial charge in [0.25, 0.3) is 0 Å². The Morgan fingerprint density at radius 2 is 2.06 bits per heavy atom. The zero-order valence-electron chi connectivity index (χ0n) is 9.74. The molecule has 0 amide bonds. The first-order valence-electron chi connectivity index (χ1n) is 5.56. The maximum Gasteiger partial charge on any atom is 0.181 e. The third-order valence-electron chi connectivity index (χ3n) is 2.70. The molecule has 1 fully saturated rings. The van der Waals surface area contributed by atoms with E-state index in [0.29, 0.717) is 16.8 Å². The molecule has 0 N–H and O–H groups in total. The van der Waals surface area contributed by atoms with Crippen molar-refractivity contribution < 1.29 is 4.39 Å². The molecule has 1 aliphatic rings. The van der Waals surface area contributed by atoms with Crippen molar-refractivity contribution in [2.24, 2.45) is 0 Å². The summed E-state index contributed by atoms with van der Waals surface area (Å²) >= 11 is 9.58. The van der Waals surface area contributed by atoms with Crippen LogP contribution in [0.5, 0.6) is 0 Å². The molecular weight excluding hydrogens is 279 g/mol. The van der Waals surface area contributed by atoms with Crippen molar-refractivity contribution in [1.82, 2.24) is 9.97 Å². The van der Waals surface area contributed by atoms with Crippen molar-refractivity contribution in [3.63, 3.8) is 0 Å². The van der Waals surface area contributed by atoms with E-state index in [9.17, 15) is 4.39 Å². The summed E-state index contributed by atoms with van der Waals surface area (Å²) in [7, 11) is 0. The lowest BCUT2D eigenvalue weighted by Gasteiger charge is -2.28. The Morgan fingerprint density at radius 1 is 1.35 bits per heavy atom. The number of hydrogen-bond donors (Lipinski definition) is 0. The van der Waals surface area contributed by atoms with Crippen LogP contribution in [0.25, 0.3) is 0 Å². The van der Waals surface area contributed by atoms with Crippen molar-refractivity contribution in [2.75, 3.05) is 11.5 Å². The van der Waals surface area contributed by atoms with Crippen LogP contribution in [-0.4, -0.2) is 26.7 Å². The van der Waals surface area contributed by atoms with Gasteiger partial charge in [-0.05, 0) is 13.3 Å². The third kappa shape index (κ3) is 2.88. The minimum absolute atomic E-state index is 0.0569. The maximum absolute atomic E-state index is 13.4. The molecule has 0 spiro atoms. The highest BCUT2D eigenvalue weighted by Crippen LogP contribution is 2.43. The topological polar surface area (TPSA) is 25.8 Å². The van der Waals surface area contributed by atoms with Crippen molar-refractivity contribution in [2.45, 2.75) is 30.8 Å². The van der Waals surface area contributed by atoms with E-state index in [1.807, 2.05) is 23.5 Å². The van der Waals surface area contributed by atoms with Gasteiger partial charge in [-0.25, -0.2) is 14.4 Å². The van der Waals surface area contributed by atoms with Gasteiger partial charge in [0, 0.05) is 16.8 Å². The molecule has 1 aromatic rings. The molecule has 0 saturated carbocycles. The van der Waals surface area contributed by atoms with Gasteiger partial charge in [-0.2, -0.15) is 11.8 Å². The van der Waals surface area contributed by atoms with Crippen molar-refractivity contribution in [3.8, 4) is 0 Å². The highest BCUT2D eigenvalue weighted by molar-refractivity contribution is 8.06. The summed E-state index contributed by atoms with van der Waals surface area (Å²) in [6.07, 6.45) is 1.07. The van der Waals surface area contributed by atoms with Gasteiger partial charge < -0.3 is 0 Å². The standard InChI is InChI=1S/C11H14ClFN2S2/c1-3-7-9(17-5-4-16-7)11-14-6(2)8(13)10(12)15-11/h7,9H,3-5H2,1-2H3. The van der Waals surface area contributed by atoms with Crippen LogP contribution in [0.15, 0.2) is 0 Å². The molecule has 17 heavy (non-hydrogen) atoms. The number of aryl methyl sites for hydroxylation is 1. The lowest BCUT2D eigenvalue weighted by atomic mass is 10.2. The molecule has 2 unspecified atom stereocenters. The van der Waals surface area contributed by atoms with Crippen molar-refractivity contribution >= 4 is 35.1 Å². The van der Waals surface area contributed by atoms with Gasteiger partial charge >= 0.3 is 0 Å². The van der Waals surface area contributed by atoms with Crippen LogP contribution < -0.4 is 0 Å². The van der Waals surface area contributed by atoms with Gasteiger partial charge in [-0.15, -0.1) is 11.8 Å². The fourth-order valence-electron chi connectivity index (χ4n) is 1.81. The van der Waals surface area contributed by atoms with Crippen LogP contribution >= 0.6 is 35.1 Å². The third-order valence-corrected chi connectivity index (χ3v) is 6.19. The summed E-state index contributed by atoms with van der Waals surface area (Å²) in [6.45, 7) is 3.79. The zero-order valence-corrected chi connectivity index (χ0v) is 12.1. The molecule has 0 aromatic carbocycles. The van der Waals surface area contributed by atoms with Crippen molar-refractivity contribution in [3.05, 3.63) is 22.5 Å². The number of nitrogens with zero attached hydrogens (tertiary/aromatic N) is 2. The van der Waals surface area contributed by atoms with E-state index in [-0.39, 0.29) is 10.4 Å². The number of aromatic nitrogens is 2. The predicted molar refractivity (Wildman–Crippen MR) is 73.5 cm³/mol. The molecule has 94 valence electrons. The Morgan fingerprint density at radius 3 is 2.71 bits per heavy atom. The monoisotopic (exact) mass is 292 g/mol. The summed E-state index contributed by atoms with van der Waals surface area (Å²) in [5.74, 6) is 2.42. The summed E-state index contributed by atoms with van der Waals surface area (Å²) in [4.78, 5) is 8.35. The highest BCUT2D eigenvalue weighted by atomic mass is 35.5. The summed E-state index contributed by atoms with van der Waals surface area (Å²) < 4.78 is 13.4. The van der Waals surface area contributed by atoms with Crippen molar-refractivity contribution in [1.29, 1.82) is 0 Å². The number of hydrogen-bond acceptors (Lipinski definition) is 4. The van der Waals surface area contributed by atoms with Crippen LogP contribution in [0.4, 0.5) is 4.39 Å². The molecule has 1 aliphatic heterocycles. The Kier molecular flexibility index (Phi) is 4.55. The molecule has 2 rings (SSSR count). The predicted octanol–water partition coefficient (Wildman–Crippen LogP) is 3.88. The van der Waals surface area contributed by atoms with Gasteiger partial charge in [-0.1, -0.05) is 18.5 Å². The average molecular weight is 293 g/mol. The van der Waals surface area contributed by atoms with E-state index in [1.165, 1.54) is 0 Å². The average Bonchev–Trinajstić information content (AvgIpc) is 2.35. The molecule has 6 heteroatoms. The minimum Gasteiger partial charge on any atom is -0.234 e. The molecule has 0 aliphatic carbocycles. The fourth-order valence-corrected chi connectivity index (χ4v) is 5.03. The largest absolute Gasteiger partial charge is 0.234 e. The lowest BCUT2D eigenvalue weighted by Crippen LogP contribution is -2.21. The van der Waals surface area contributed by atoms with Crippen LogP contribution in [0.1, 0.15) is 30.1 Å². The Bertz CT molecular complexity index is 393. The molecule has 2 atom stereocenters. The van der Waals surface area contributed by atoms with Crippen LogP contribution in [-0.2, 0) is 0 Å². The molecule has 1 aromatic heterocycles. The fraction of sp³-hybridized carbons (Fsp3) is 0.636. The normalized spacial score (nSPS) is 24.9. The second-order valence-corrected chi connectivity index (χ2v) is 6.84. The van der Waals surface area contributed by atoms with Gasteiger partial charge in [-0.3, -0.25) is 0 Å². The van der Waals surface area contributed by atoms with Crippen LogP contribution in [0, 0.1) is 12.7 Å². The van der Waals surface area contributed by atoms with E-state index in [4.69, 9.17) is 11.6 Å². The van der Waals surface area contributed by atoms with Gasteiger partial charge in [0.2, 0.25) is 0 Å². The molecule has 1 saturated heterocycles. The van der Waals surface area contributed by atoms with Crippen LogP contribution in [0.3, 0.4) is 0 Å². The summed E-state index contributed by atoms with van der Waals surface area (Å²) in [5, 5.41) is 0.670. The van der Waals surface area contributed by atoms with Gasteiger partial charge in [0.05, 0.1) is 10.9 Å². The smallest absolute Gasteiger partial charge is 0.181 e. The summed E-state index contributed by atoms with van der Waals surface area (Å²) in [5.41, 5.74) is 0.339. The molecule has 2 nitrogen and oxygen atoms in total. The number of rotatable bonds is 2. The SMILES string of the molecule is CCC1SCCSC1c1nc(C)c(F)c(Cl)n1. The molecule has 0 radical (unpaired) electrons. The quantitative estimate of drug-likeness (QED) is 0.773. The van der Waals surface area contributed by atoms with E-state index in [2.05, 4.69) is 16.9 Å². The van der Waals surface area contributed by atoms with Gasteiger partial charge in [0.1, 0.15) is 5.82 Å². The van der Waals surface area contributed by atoms with E-state index in [1.54, 1.807) is 6.92 Å². The second-order valence-electron chi connectivity index (χ2n) is 3.88. The number of thioether (sulfide) groups is 2. The first kappa shape index (κ1) is 13.4. The highest BCUT2D eigenvalue weighted by Gasteiger charge is 2.29. The lowest BCUT2D eigenvalue weighted by molar-refractivity contribution is 0.593.